The van der Waals surface area contributed by atoms with Gasteiger partial charge in [-0.1, -0.05) is 127 Å². The molecule has 6 heteroatoms. The highest BCUT2D eigenvalue weighted by Crippen LogP contribution is 2.37. The van der Waals surface area contributed by atoms with Crippen LogP contribution in [0.15, 0.2) is 192 Å². The second-order valence-corrected chi connectivity index (χ2v) is 14.5. The molecule has 4 heterocycles. The average molecular weight is 730 g/mol. The number of para-hydroxylation sites is 4. The molecule has 0 aliphatic carbocycles. The van der Waals surface area contributed by atoms with Crippen molar-refractivity contribution in [1.82, 2.24) is 24.1 Å². The minimum atomic E-state index is 0.549. The van der Waals surface area contributed by atoms with Crippen molar-refractivity contribution in [3.05, 3.63) is 188 Å². The van der Waals surface area contributed by atoms with Crippen molar-refractivity contribution >= 4 is 65.6 Å². The summed E-state index contributed by atoms with van der Waals surface area (Å²) < 4.78 is 10.8. The van der Waals surface area contributed by atoms with Crippen LogP contribution in [0, 0.1) is 0 Å². The Balaban J connectivity index is 1.08. The first kappa shape index (κ1) is 31.5. The van der Waals surface area contributed by atoms with Gasteiger partial charge in [-0.3, -0.25) is 4.57 Å². The second-order valence-electron chi connectivity index (χ2n) is 14.5. The molecule has 0 unspecified atom stereocenters. The van der Waals surface area contributed by atoms with Crippen LogP contribution in [0.2, 0.25) is 0 Å². The molecule has 4 aromatic heterocycles. The summed E-state index contributed by atoms with van der Waals surface area (Å²) in [4.78, 5) is 15.7. The number of hydrogen-bond donors (Lipinski definition) is 0. The van der Waals surface area contributed by atoms with Crippen LogP contribution in [-0.4, -0.2) is 24.1 Å². The molecule has 6 nitrogen and oxygen atoms in total. The molecule has 0 spiro atoms. The Hall–Kier alpha value is -7.83. The summed E-state index contributed by atoms with van der Waals surface area (Å²) in [5.74, 6) is 1.69. The summed E-state index contributed by atoms with van der Waals surface area (Å²) in [6, 6.07) is 65.7. The van der Waals surface area contributed by atoms with E-state index in [1.54, 1.807) is 0 Å². The van der Waals surface area contributed by atoms with E-state index < -0.39 is 0 Å². The van der Waals surface area contributed by atoms with E-state index in [-0.39, 0.29) is 0 Å². The van der Waals surface area contributed by atoms with Crippen LogP contribution in [0.3, 0.4) is 0 Å². The number of rotatable bonds is 5. The lowest BCUT2D eigenvalue weighted by Gasteiger charge is -2.13. The van der Waals surface area contributed by atoms with Crippen molar-refractivity contribution in [2.24, 2.45) is 0 Å². The Kier molecular flexibility index (Phi) is 6.83. The first-order valence-electron chi connectivity index (χ1n) is 19.1. The van der Waals surface area contributed by atoms with E-state index in [1.165, 1.54) is 21.9 Å². The van der Waals surface area contributed by atoms with Gasteiger partial charge < -0.3 is 8.98 Å². The SMILES string of the molecule is c1ccc(-c2ccc3c(c2)c2ccccc2n3-c2cccc(-c3nc(-c4ccc5c(c4)oc4ccccc45)nc(-n4c5ccccc5c5ccccc54)n3)c2)cc1. The second kappa shape index (κ2) is 12.3. The van der Waals surface area contributed by atoms with Crippen molar-refractivity contribution < 1.29 is 4.42 Å². The van der Waals surface area contributed by atoms with Gasteiger partial charge in [0.05, 0.1) is 22.1 Å². The molecule has 57 heavy (non-hydrogen) atoms. The molecule has 12 rings (SSSR count). The van der Waals surface area contributed by atoms with E-state index in [0.29, 0.717) is 17.6 Å². The van der Waals surface area contributed by atoms with Crippen LogP contribution in [0.4, 0.5) is 0 Å². The van der Waals surface area contributed by atoms with E-state index >= 15 is 0 Å². The summed E-state index contributed by atoms with van der Waals surface area (Å²) in [5, 5.41) is 6.83. The smallest absolute Gasteiger partial charge is 0.238 e. The fourth-order valence-electron chi connectivity index (χ4n) is 8.57. The minimum Gasteiger partial charge on any atom is -0.456 e. The summed E-state index contributed by atoms with van der Waals surface area (Å²) in [5.41, 5.74) is 11.1. The highest BCUT2D eigenvalue weighted by atomic mass is 16.3. The molecular weight excluding hydrogens is 699 g/mol. The van der Waals surface area contributed by atoms with E-state index in [9.17, 15) is 0 Å². The summed E-state index contributed by atoms with van der Waals surface area (Å²) in [6.07, 6.45) is 0. The number of benzene rings is 8. The van der Waals surface area contributed by atoms with Crippen molar-refractivity contribution in [2.75, 3.05) is 0 Å². The normalized spacial score (nSPS) is 11.9. The van der Waals surface area contributed by atoms with E-state index in [4.69, 9.17) is 19.4 Å². The molecule has 0 saturated heterocycles. The van der Waals surface area contributed by atoms with Crippen LogP contribution >= 0.6 is 0 Å². The Morgan fingerprint density at radius 2 is 0.860 bits per heavy atom. The van der Waals surface area contributed by atoms with Crippen LogP contribution in [0.25, 0.3) is 111 Å². The zero-order valence-corrected chi connectivity index (χ0v) is 30.5. The minimum absolute atomic E-state index is 0.549. The van der Waals surface area contributed by atoms with Crippen molar-refractivity contribution in [1.29, 1.82) is 0 Å². The quantitative estimate of drug-likeness (QED) is 0.177. The molecule has 0 N–H and O–H groups in total. The molecule has 0 atom stereocenters. The lowest BCUT2D eigenvalue weighted by Crippen LogP contribution is -2.06. The predicted octanol–water partition coefficient (Wildman–Crippen LogP) is 13.0. The fourth-order valence-corrected chi connectivity index (χ4v) is 8.57. The number of nitrogens with zero attached hydrogens (tertiary/aromatic N) is 5. The van der Waals surface area contributed by atoms with Crippen molar-refractivity contribution in [3.8, 4) is 45.5 Å². The van der Waals surface area contributed by atoms with Gasteiger partial charge in [-0.2, -0.15) is 9.97 Å². The van der Waals surface area contributed by atoms with Crippen LogP contribution in [0.1, 0.15) is 0 Å². The Bertz CT molecular complexity index is 3490. The monoisotopic (exact) mass is 729 g/mol. The van der Waals surface area contributed by atoms with Crippen molar-refractivity contribution in [3.63, 3.8) is 0 Å². The third-order valence-corrected chi connectivity index (χ3v) is 11.2. The Labute approximate surface area is 326 Å². The third-order valence-electron chi connectivity index (χ3n) is 11.2. The first-order chi connectivity index (χ1) is 28.2. The van der Waals surface area contributed by atoms with Gasteiger partial charge in [-0.25, -0.2) is 4.98 Å². The van der Waals surface area contributed by atoms with Gasteiger partial charge in [0.15, 0.2) is 11.6 Å². The topological polar surface area (TPSA) is 61.7 Å². The summed E-state index contributed by atoms with van der Waals surface area (Å²) in [7, 11) is 0. The van der Waals surface area contributed by atoms with Crippen LogP contribution < -0.4 is 0 Å². The van der Waals surface area contributed by atoms with Gasteiger partial charge >= 0.3 is 0 Å². The van der Waals surface area contributed by atoms with Crippen LogP contribution in [-0.2, 0) is 0 Å². The van der Waals surface area contributed by atoms with Gasteiger partial charge in [0.1, 0.15) is 11.2 Å². The molecule has 0 bridgehead atoms. The maximum absolute atomic E-state index is 6.33. The molecule has 0 saturated carbocycles. The van der Waals surface area contributed by atoms with Crippen LogP contribution in [0.5, 0.6) is 0 Å². The Morgan fingerprint density at radius 3 is 1.60 bits per heavy atom. The van der Waals surface area contributed by atoms with E-state index in [2.05, 4.69) is 173 Å². The fraction of sp³-hybridized carbons (Fsp3) is 0. The van der Waals surface area contributed by atoms with Gasteiger partial charge in [0, 0.05) is 49.1 Å². The molecule has 0 radical (unpaired) electrons. The van der Waals surface area contributed by atoms with E-state index in [0.717, 1.165) is 71.6 Å². The molecule has 12 aromatic rings. The lowest BCUT2D eigenvalue weighted by molar-refractivity contribution is 0.669. The molecule has 0 aliphatic rings. The molecule has 0 fully saturated rings. The van der Waals surface area contributed by atoms with Gasteiger partial charge in [0.25, 0.3) is 0 Å². The highest BCUT2D eigenvalue weighted by molar-refractivity contribution is 6.11. The highest BCUT2D eigenvalue weighted by Gasteiger charge is 2.20. The van der Waals surface area contributed by atoms with Crippen molar-refractivity contribution in [2.45, 2.75) is 0 Å². The first-order valence-corrected chi connectivity index (χ1v) is 19.1. The molecule has 8 aromatic carbocycles. The summed E-state index contributed by atoms with van der Waals surface area (Å²) in [6.45, 7) is 0. The largest absolute Gasteiger partial charge is 0.456 e. The van der Waals surface area contributed by atoms with Gasteiger partial charge in [-0.05, 0) is 71.8 Å². The van der Waals surface area contributed by atoms with E-state index in [1.807, 2.05) is 24.3 Å². The zero-order chi connectivity index (χ0) is 37.5. The number of hydrogen-bond acceptors (Lipinski definition) is 4. The zero-order valence-electron chi connectivity index (χ0n) is 30.5. The predicted molar refractivity (Wildman–Crippen MR) is 232 cm³/mol. The maximum atomic E-state index is 6.33. The Morgan fingerprint density at radius 1 is 0.316 bits per heavy atom. The van der Waals surface area contributed by atoms with Gasteiger partial charge in [-0.15, -0.1) is 0 Å². The number of furan rings is 1. The molecular formula is C51H31N5O. The lowest BCUT2D eigenvalue weighted by atomic mass is 10.0. The number of fused-ring (bicyclic) bond motifs is 9. The molecule has 0 aliphatic heterocycles. The molecule has 266 valence electrons. The molecule has 0 amide bonds. The maximum Gasteiger partial charge on any atom is 0.238 e. The standard InChI is InChI=1S/C51H31N5O/c1-2-13-32(14-3-1)33-26-28-46-42(30-33)39-19-6-8-21-43(39)55(46)36-16-12-15-34(29-36)49-52-50(35-25-27-41-40-20-7-11-24-47(40)57-48(41)31-35)54-51(53-49)56-44-22-9-4-17-37(44)38-18-5-10-23-45(38)56/h1-31H. The van der Waals surface area contributed by atoms with Gasteiger partial charge in [0.2, 0.25) is 5.95 Å². The summed E-state index contributed by atoms with van der Waals surface area (Å²) >= 11 is 0. The average Bonchev–Trinajstić information content (AvgIpc) is 3.94. The third kappa shape index (κ3) is 4.94. The number of aromatic nitrogens is 5.